The van der Waals surface area contributed by atoms with Gasteiger partial charge in [0, 0.05) is 130 Å². The highest BCUT2D eigenvalue weighted by molar-refractivity contribution is 7.99. The van der Waals surface area contributed by atoms with Crippen molar-refractivity contribution in [3.05, 3.63) is 143 Å². The molecule has 1 aromatic heterocycles. The maximum absolute atomic E-state index is 14.5. The summed E-state index contributed by atoms with van der Waals surface area (Å²) in [7, 11) is -11.0. The van der Waals surface area contributed by atoms with Gasteiger partial charge in [-0.3, -0.25) is 29.6 Å². The number of nitrogens with zero attached hydrogens (tertiary/aromatic N) is 6. The second-order valence-electron chi connectivity index (χ2n) is 21.4. The number of amides is 4. The van der Waals surface area contributed by atoms with Gasteiger partial charge in [0.05, 0.1) is 10.6 Å². The van der Waals surface area contributed by atoms with Gasteiger partial charge in [0.25, 0.3) is 25.8 Å². The Bertz CT molecular complexity index is 3300. The number of nitrogens with one attached hydrogen (secondary N) is 3. The van der Waals surface area contributed by atoms with Gasteiger partial charge in [-0.2, -0.15) is 13.2 Å². The molecule has 0 unspecified atom stereocenters. The first-order chi connectivity index (χ1) is 38.1. The summed E-state index contributed by atoms with van der Waals surface area (Å²) >= 11 is 7.63. The average molecular weight is 1180 g/mol. The second-order valence-corrected chi connectivity index (χ2v) is 26.5. The molecule has 0 bridgehead atoms. The number of alkyl halides is 3. The predicted molar refractivity (Wildman–Crippen MR) is 306 cm³/mol. The van der Waals surface area contributed by atoms with E-state index in [-0.39, 0.29) is 29.9 Å². The largest absolute Gasteiger partial charge is 0.501 e. The van der Waals surface area contributed by atoms with Crippen LogP contribution in [0, 0.1) is 5.41 Å². The summed E-state index contributed by atoms with van der Waals surface area (Å²) < 4.78 is 99.6. The molecular weight excluding hydrogens is 1110 g/mol. The molecule has 3 N–H and O–H groups in total. The van der Waals surface area contributed by atoms with Gasteiger partial charge in [-0.15, -0.1) is 11.8 Å². The molecule has 4 aromatic carbocycles. The number of carbonyl (C=O) groups excluding carboxylic acids is 3. The van der Waals surface area contributed by atoms with Crippen LogP contribution in [0.2, 0.25) is 5.02 Å². The van der Waals surface area contributed by atoms with Gasteiger partial charge >= 0.3 is 11.5 Å². The van der Waals surface area contributed by atoms with E-state index in [2.05, 4.69) is 61.2 Å². The van der Waals surface area contributed by atoms with Crippen molar-refractivity contribution >= 4 is 83.8 Å². The lowest BCUT2D eigenvalue weighted by Crippen LogP contribution is -2.50. The Morgan fingerprint density at radius 2 is 1.48 bits per heavy atom. The number of thioether (sulfide) groups is 1. The summed E-state index contributed by atoms with van der Waals surface area (Å²) in [5, 5.41) is 6.08. The minimum absolute atomic E-state index is 0.0234. The van der Waals surface area contributed by atoms with Gasteiger partial charge in [-0.05, 0) is 115 Å². The van der Waals surface area contributed by atoms with E-state index in [1.54, 1.807) is 24.4 Å². The number of piperazine rings is 2. The van der Waals surface area contributed by atoms with Gasteiger partial charge in [-0.1, -0.05) is 67.4 Å². The summed E-state index contributed by atoms with van der Waals surface area (Å²) in [6.07, 6.45) is 5.24. The normalized spacial score (nSPS) is 18.5. The lowest BCUT2D eigenvalue weighted by Gasteiger charge is -2.39. The van der Waals surface area contributed by atoms with Crippen molar-refractivity contribution < 1.29 is 44.4 Å². The topological polar surface area (TPSA) is 185 Å². The van der Waals surface area contributed by atoms with Gasteiger partial charge in [0.15, 0.2) is 0 Å². The molecule has 9 rings (SSSR count). The number of imide groups is 1. The third-order valence-corrected chi connectivity index (χ3v) is 19.4. The second kappa shape index (κ2) is 25.0. The van der Waals surface area contributed by atoms with Crippen LogP contribution in [0.15, 0.2) is 136 Å². The highest BCUT2D eigenvalue weighted by atomic mass is 35.5. The number of carbonyl (C=O) groups is 3. The number of allylic oxidation sites excluding steroid dienone is 1. The number of sulfone groups is 1. The van der Waals surface area contributed by atoms with E-state index < -0.39 is 58.8 Å². The van der Waals surface area contributed by atoms with Crippen LogP contribution in [0.5, 0.6) is 0 Å². The van der Waals surface area contributed by atoms with Gasteiger partial charge in [-0.25, -0.2) is 31.3 Å². The number of hydrogen-bond acceptors (Lipinski definition) is 14. The summed E-state index contributed by atoms with van der Waals surface area (Å²) in [6, 6.07) is 28.7. The molecule has 3 fully saturated rings. The van der Waals surface area contributed by atoms with Gasteiger partial charge in [0.2, 0.25) is 5.91 Å². The minimum atomic E-state index is -6.13. The van der Waals surface area contributed by atoms with E-state index in [1.807, 2.05) is 53.3 Å². The fourth-order valence-electron chi connectivity index (χ4n) is 10.6. The number of hydrogen-bond donors (Lipinski definition) is 3. The van der Waals surface area contributed by atoms with E-state index in [0.717, 1.165) is 80.3 Å². The lowest BCUT2D eigenvalue weighted by atomic mass is 9.73. The van der Waals surface area contributed by atoms with Crippen molar-refractivity contribution in [1.29, 1.82) is 0 Å². The predicted octanol–water partition coefficient (Wildman–Crippen LogP) is 9.16. The van der Waals surface area contributed by atoms with Crippen LogP contribution >= 0.6 is 23.4 Å². The summed E-state index contributed by atoms with van der Waals surface area (Å²) in [5.74, 6) is -0.601. The van der Waals surface area contributed by atoms with Crippen molar-refractivity contribution in [2.45, 2.75) is 78.7 Å². The molecule has 1 atom stereocenters. The summed E-state index contributed by atoms with van der Waals surface area (Å²) in [5.41, 5.74) is -0.375. The van der Waals surface area contributed by atoms with Crippen LogP contribution in [0.3, 0.4) is 0 Å². The molecule has 426 valence electrons. The molecule has 23 heteroatoms. The fraction of sp³-hybridized carbons (Fsp3) is 0.404. The maximum Gasteiger partial charge on any atom is 0.501 e. The smallest absolute Gasteiger partial charge is 0.380 e. The molecule has 16 nitrogen and oxygen atoms in total. The van der Waals surface area contributed by atoms with Crippen LogP contribution in [0.4, 0.5) is 35.2 Å². The number of urea groups is 1. The molecule has 0 radical (unpaired) electrons. The molecule has 0 saturated carbocycles. The molecule has 5 aromatic rings. The Hall–Kier alpha value is -6.01. The highest BCUT2D eigenvalue weighted by Gasteiger charge is 2.48. The fourth-order valence-corrected chi connectivity index (χ4v) is 13.8. The Kier molecular flexibility index (Phi) is 18.3. The molecule has 1 aliphatic carbocycles. The number of sulfonamides is 1. The zero-order chi connectivity index (χ0) is 56.8. The molecule has 0 spiro atoms. The Morgan fingerprint density at radius 1 is 0.800 bits per heavy atom. The SMILES string of the molecule is CC1(C)CCC(c2ccc(Cl)cc2)=C(CN2CCN(c3ccc(C(=O)NS(=O)(=O)c4ccc(N[C@H](CCN5CCN(Cc6cccnc6N6CCC(=O)NC6=O)CC5)CSc5ccccc5)c(S(=O)(=O)C(F)(F)F)c4)cc3)CC2)C1. The molecule has 3 aliphatic heterocycles. The third kappa shape index (κ3) is 14.5. The summed E-state index contributed by atoms with van der Waals surface area (Å²) in [6.45, 7) is 12.3. The van der Waals surface area contributed by atoms with Crippen molar-refractivity contribution in [3.63, 3.8) is 0 Å². The van der Waals surface area contributed by atoms with E-state index in [1.165, 1.54) is 45.5 Å². The molecule has 4 aliphatic rings. The number of anilines is 3. The van der Waals surface area contributed by atoms with Crippen molar-refractivity contribution in [2.24, 2.45) is 5.41 Å². The highest BCUT2D eigenvalue weighted by Crippen LogP contribution is 2.43. The molecular formula is C57H65ClF3N9O7S3. The number of benzene rings is 4. The van der Waals surface area contributed by atoms with Crippen LogP contribution in [0.25, 0.3) is 5.57 Å². The number of rotatable bonds is 19. The van der Waals surface area contributed by atoms with Crippen LogP contribution in [-0.4, -0.2) is 144 Å². The molecule has 3 saturated heterocycles. The molecule has 80 heavy (non-hydrogen) atoms. The number of aromatic nitrogens is 1. The standard InChI is InChI=1S/C57H65ClF3N9O7S3/c1-56(2)23-20-49(40-10-14-44(58)15-11-40)43(36-56)38-68-31-33-69(34-32-68)46-16-12-41(13-17-46)54(72)65-80(76,77)48-18-19-50(51(35-48)79(74,75)57(59,60)61)63-45(39-78-47-8-4-3-5-9-47)21-25-66-27-29-67(30-28-66)37-42-7-6-24-62-53(42)70-26-22-52(71)64-55(70)73/h3-19,24,35,45,63H,20-23,25-34,36-39H2,1-2H3,(H,65,72)(H,64,71,73)/t45-/m1/s1. The first kappa shape index (κ1) is 58.6. The van der Waals surface area contributed by atoms with Crippen LogP contribution < -0.4 is 25.2 Å². The zero-order valence-electron chi connectivity index (χ0n) is 44.6. The van der Waals surface area contributed by atoms with Crippen molar-refractivity contribution in [1.82, 2.24) is 29.7 Å². The van der Waals surface area contributed by atoms with Crippen molar-refractivity contribution in [3.8, 4) is 0 Å². The van der Waals surface area contributed by atoms with E-state index in [0.29, 0.717) is 68.3 Å². The quantitative estimate of drug-likeness (QED) is 0.0665. The Morgan fingerprint density at radius 3 is 2.16 bits per heavy atom. The lowest BCUT2D eigenvalue weighted by molar-refractivity contribution is -0.120. The van der Waals surface area contributed by atoms with E-state index in [9.17, 15) is 44.4 Å². The Balaban J connectivity index is 0.839. The minimum Gasteiger partial charge on any atom is -0.380 e. The van der Waals surface area contributed by atoms with Crippen molar-refractivity contribution in [2.75, 3.05) is 92.9 Å². The number of pyridine rings is 1. The van der Waals surface area contributed by atoms with Crippen LogP contribution in [-0.2, 0) is 31.2 Å². The first-order valence-electron chi connectivity index (χ1n) is 26.6. The van der Waals surface area contributed by atoms with Crippen LogP contribution in [0.1, 0.15) is 67.4 Å². The van der Waals surface area contributed by atoms with E-state index in [4.69, 9.17) is 11.6 Å². The number of halogens is 4. The monoisotopic (exact) mass is 1180 g/mol. The first-order valence-corrected chi connectivity index (χ1v) is 30.9. The maximum atomic E-state index is 14.5. The Labute approximate surface area is 475 Å². The van der Waals surface area contributed by atoms with E-state index >= 15 is 0 Å². The molecule has 4 heterocycles. The zero-order valence-corrected chi connectivity index (χ0v) is 47.8. The van der Waals surface area contributed by atoms with Gasteiger partial charge < -0.3 is 15.1 Å². The van der Waals surface area contributed by atoms with Gasteiger partial charge in [0.1, 0.15) is 10.7 Å². The summed E-state index contributed by atoms with van der Waals surface area (Å²) in [4.78, 5) is 51.6. The molecule has 4 amide bonds. The average Bonchev–Trinajstić information content (AvgIpc) is 3.52. The third-order valence-electron chi connectivity index (χ3n) is 15.1.